The van der Waals surface area contributed by atoms with Gasteiger partial charge in [0, 0.05) is 11.6 Å². The highest BCUT2D eigenvalue weighted by molar-refractivity contribution is 5.71. The number of hydrogen-bond acceptors (Lipinski definition) is 7. The Bertz CT molecular complexity index is 907. The van der Waals surface area contributed by atoms with Crippen LogP contribution >= 0.6 is 0 Å². The smallest absolute Gasteiger partial charge is 0.344 e. The van der Waals surface area contributed by atoms with Crippen LogP contribution in [0.25, 0.3) is 11.3 Å². The summed E-state index contributed by atoms with van der Waals surface area (Å²) in [6, 6.07) is 15.2. The second-order valence-corrected chi connectivity index (χ2v) is 5.16. The van der Waals surface area contributed by atoms with Crippen LogP contribution in [0.5, 0.6) is 5.75 Å². The molecule has 0 bridgehead atoms. The van der Waals surface area contributed by atoms with Gasteiger partial charge >= 0.3 is 11.7 Å². The van der Waals surface area contributed by atoms with Crippen LogP contribution in [0.4, 0.5) is 5.69 Å². The molecule has 0 fully saturated rings. The van der Waals surface area contributed by atoms with Gasteiger partial charge in [-0.1, -0.05) is 42.5 Å². The standard InChI is InChI=1S/C18H14N2O6/c21-18(12-24-15-9-5-4-8-14(15)20(22)23)25-11-17-19-10-16(26-17)13-6-2-1-3-7-13/h1-10H,11-12H2. The minimum atomic E-state index is -0.692. The molecule has 0 N–H and O–H groups in total. The van der Waals surface area contributed by atoms with Gasteiger partial charge in [0.25, 0.3) is 0 Å². The first kappa shape index (κ1) is 17.2. The number of rotatable bonds is 7. The van der Waals surface area contributed by atoms with Gasteiger partial charge in [-0.15, -0.1) is 0 Å². The summed E-state index contributed by atoms with van der Waals surface area (Å²) in [5.41, 5.74) is 0.637. The number of esters is 1. The van der Waals surface area contributed by atoms with E-state index < -0.39 is 17.5 Å². The minimum Gasteiger partial charge on any atom is -0.475 e. The Morgan fingerprint density at radius 2 is 1.85 bits per heavy atom. The van der Waals surface area contributed by atoms with Gasteiger partial charge in [-0.05, 0) is 6.07 Å². The first-order valence-electron chi connectivity index (χ1n) is 7.65. The number of para-hydroxylation sites is 2. The Kier molecular flexibility index (Phi) is 5.23. The SMILES string of the molecule is O=C(COc1ccccc1[N+](=O)[O-])OCc1ncc(-c2ccccc2)o1. The van der Waals surface area contributed by atoms with Crippen molar-refractivity contribution in [2.45, 2.75) is 6.61 Å². The van der Waals surface area contributed by atoms with Crippen LogP contribution in [-0.2, 0) is 16.1 Å². The van der Waals surface area contributed by atoms with Crippen LogP contribution < -0.4 is 4.74 Å². The summed E-state index contributed by atoms with van der Waals surface area (Å²) in [6.07, 6.45) is 1.54. The van der Waals surface area contributed by atoms with Crippen LogP contribution in [0.1, 0.15) is 5.89 Å². The van der Waals surface area contributed by atoms with Crippen LogP contribution in [0.2, 0.25) is 0 Å². The van der Waals surface area contributed by atoms with E-state index in [9.17, 15) is 14.9 Å². The van der Waals surface area contributed by atoms with Gasteiger partial charge in [-0.2, -0.15) is 0 Å². The number of carbonyl (C=O) groups is 1. The van der Waals surface area contributed by atoms with Crippen molar-refractivity contribution in [2.75, 3.05) is 6.61 Å². The largest absolute Gasteiger partial charge is 0.475 e. The molecule has 0 saturated heterocycles. The van der Waals surface area contributed by atoms with Gasteiger partial charge in [0.1, 0.15) is 0 Å². The molecule has 0 aliphatic heterocycles. The number of hydrogen-bond donors (Lipinski definition) is 0. The lowest BCUT2D eigenvalue weighted by Gasteiger charge is -2.06. The monoisotopic (exact) mass is 354 g/mol. The molecule has 0 aliphatic rings. The predicted molar refractivity (Wildman–Crippen MR) is 90.3 cm³/mol. The van der Waals surface area contributed by atoms with E-state index >= 15 is 0 Å². The van der Waals surface area contributed by atoms with Gasteiger partial charge in [-0.25, -0.2) is 9.78 Å². The Balaban J connectivity index is 1.52. The molecule has 1 heterocycles. The molecule has 0 spiro atoms. The lowest BCUT2D eigenvalue weighted by atomic mass is 10.2. The van der Waals surface area contributed by atoms with Crippen molar-refractivity contribution in [3.05, 3.63) is 76.8 Å². The maximum absolute atomic E-state index is 11.8. The number of nitrogens with zero attached hydrogens (tertiary/aromatic N) is 2. The average Bonchev–Trinajstić information content (AvgIpc) is 3.14. The number of ether oxygens (including phenoxy) is 2. The summed E-state index contributed by atoms with van der Waals surface area (Å²) in [4.78, 5) is 26.1. The molecule has 3 rings (SSSR count). The Labute approximate surface area is 148 Å². The molecular weight excluding hydrogens is 340 g/mol. The molecular formula is C18H14N2O6. The first-order valence-corrected chi connectivity index (χ1v) is 7.65. The highest BCUT2D eigenvalue weighted by Gasteiger charge is 2.16. The van der Waals surface area contributed by atoms with Gasteiger partial charge in [0.05, 0.1) is 11.1 Å². The molecule has 3 aromatic rings. The summed E-state index contributed by atoms with van der Waals surface area (Å²) in [5.74, 6) is 0.107. The summed E-state index contributed by atoms with van der Waals surface area (Å²) >= 11 is 0. The Hall–Kier alpha value is -3.68. The van der Waals surface area contributed by atoms with Gasteiger partial charge < -0.3 is 13.9 Å². The zero-order valence-corrected chi connectivity index (χ0v) is 13.5. The summed E-state index contributed by atoms with van der Waals surface area (Å²) < 4.78 is 15.7. The fraction of sp³-hybridized carbons (Fsp3) is 0.111. The van der Waals surface area contributed by atoms with Crippen LogP contribution in [0.15, 0.2) is 65.2 Å². The average molecular weight is 354 g/mol. The molecule has 8 heteroatoms. The van der Waals surface area contributed by atoms with E-state index in [1.54, 1.807) is 12.3 Å². The third-order valence-electron chi connectivity index (χ3n) is 3.38. The van der Waals surface area contributed by atoms with E-state index in [1.165, 1.54) is 18.2 Å². The summed E-state index contributed by atoms with van der Waals surface area (Å²) in [5, 5.41) is 10.9. The molecule has 132 valence electrons. The van der Waals surface area contributed by atoms with Crippen LogP contribution in [0.3, 0.4) is 0 Å². The topological polar surface area (TPSA) is 105 Å². The summed E-state index contributed by atoms with van der Waals surface area (Å²) in [7, 11) is 0. The second-order valence-electron chi connectivity index (χ2n) is 5.16. The fourth-order valence-corrected chi connectivity index (χ4v) is 2.16. The van der Waals surface area contributed by atoms with Crippen molar-refractivity contribution in [3.63, 3.8) is 0 Å². The molecule has 1 aromatic heterocycles. The number of benzene rings is 2. The number of nitro groups is 1. The van der Waals surface area contributed by atoms with Crippen molar-refractivity contribution < 1.29 is 23.6 Å². The number of oxazole rings is 1. The molecule has 0 atom stereocenters. The van der Waals surface area contributed by atoms with Crippen molar-refractivity contribution in [3.8, 4) is 17.1 Å². The second kappa shape index (κ2) is 7.93. The number of aromatic nitrogens is 1. The Morgan fingerprint density at radius 1 is 1.12 bits per heavy atom. The van der Waals surface area contributed by atoms with E-state index in [4.69, 9.17) is 13.9 Å². The zero-order valence-electron chi connectivity index (χ0n) is 13.5. The summed E-state index contributed by atoms with van der Waals surface area (Å²) in [6.45, 7) is -0.622. The van der Waals surface area contributed by atoms with Gasteiger partial charge in [0.15, 0.2) is 24.7 Å². The zero-order chi connectivity index (χ0) is 18.4. The minimum absolute atomic E-state index is 0.00284. The molecule has 0 saturated carbocycles. The lowest BCUT2D eigenvalue weighted by Crippen LogP contribution is -2.15. The van der Waals surface area contributed by atoms with E-state index in [2.05, 4.69) is 4.98 Å². The van der Waals surface area contributed by atoms with Crippen molar-refractivity contribution >= 4 is 11.7 Å². The normalized spacial score (nSPS) is 10.3. The van der Waals surface area contributed by atoms with Crippen LogP contribution in [-0.4, -0.2) is 22.5 Å². The molecule has 0 unspecified atom stereocenters. The van der Waals surface area contributed by atoms with Gasteiger partial charge in [-0.3, -0.25) is 10.1 Å². The highest BCUT2D eigenvalue weighted by atomic mass is 16.6. The van der Waals surface area contributed by atoms with E-state index in [0.29, 0.717) is 5.76 Å². The van der Waals surface area contributed by atoms with E-state index in [1.807, 2.05) is 30.3 Å². The maximum atomic E-state index is 11.8. The van der Waals surface area contributed by atoms with Crippen molar-refractivity contribution in [1.29, 1.82) is 0 Å². The molecule has 0 aliphatic carbocycles. The number of carbonyl (C=O) groups excluding carboxylic acids is 1. The predicted octanol–water partition coefficient (Wildman–Crippen LogP) is 3.37. The fourth-order valence-electron chi connectivity index (χ4n) is 2.16. The highest BCUT2D eigenvalue weighted by Crippen LogP contribution is 2.25. The van der Waals surface area contributed by atoms with E-state index in [0.717, 1.165) is 5.56 Å². The Morgan fingerprint density at radius 3 is 2.62 bits per heavy atom. The lowest BCUT2D eigenvalue weighted by molar-refractivity contribution is -0.385. The van der Waals surface area contributed by atoms with Crippen molar-refractivity contribution in [2.24, 2.45) is 0 Å². The third kappa shape index (κ3) is 4.23. The molecule has 0 amide bonds. The third-order valence-corrected chi connectivity index (χ3v) is 3.38. The first-order chi connectivity index (χ1) is 12.6. The quantitative estimate of drug-likeness (QED) is 0.364. The molecule has 26 heavy (non-hydrogen) atoms. The molecule has 8 nitrogen and oxygen atoms in total. The maximum Gasteiger partial charge on any atom is 0.344 e. The number of nitro benzene ring substituents is 1. The van der Waals surface area contributed by atoms with Crippen LogP contribution in [0, 0.1) is 10.1 Å². The molecule has 0 radical (unpaired) electrons. The van der Waals surface area contributed by atoms with E-state index in [-0.39, 0.29) is 23.9 Å². The van der Waals surface area contributed by atoms with Crippen molar-refractivity contribution in [1.82, 2.24) is 4.98 Å². The van der Waals surface area contributed by atoms with Gasteiger partial charge in [0.2, 0.25) is 5.89 Å². The molecule has 2 aromatic carbocycles.